The molecule has 0 aliphatic rings. The van der Waals surface area contributed by atoms with Crippen LogP contribution in [-0.2, 0) is 0 Å². The Labute approximate surface area is 69.0 Å². The lowest BCUT2D eigenvalue weighted by Crippen LogP contribution is -2.18. The van der Waals surface area contributed by atoms with Crippen LogP contribution >= 0.6 is 0 Å². The molecular weight excluding hydrogens is 197 g/mol. The van der Waals surface area contributed by atoms with Crippen LogP contribution in [0.1, 0.15) is 0 Å². The molecule has 1 aromatic heterocycles. The Balaban J connectivity index is 2.94. The fourth-order valence-electron chi connectivity index (χ4n) is 0.600. The van der Waals surface area contributed by atoms with Gasteiger partial charge in [-0.3, -0.25) is 0 Å². The number of hydrogen-bond acceptors (Lipinski definition) is 2. The molecule has 0 bridgehead atoms. The SMILES string of the molecule is Fc1cnc(F)c(OC(F)(F)F)c1. The van der Waals surface area contributed by atoms with Crippen molar-refractivity contribution in [2.75, 3.05) is 0 Å². The van der Waals surface area contributed by atoms with E-state index in [-0.39, 0.29) is 6.07 Å². The fourth-order valence-corrected chi connectivity index (χ4v) is 0.600. The molecule has 0 atom stereocenters. The molecule has 2 nitrogen and oxygen atoms in total. The third-order valence-corrected chi connectivity index (χ3v) is 0.999. The van der Waals surface area contributed by atoms with Crippen molar-refractivity contribution in [3.05, 3.63) is 24.0 Å². The van der Waals surface area contributed by atoms with Gasteiger partial charge in [-0.1, -0.05) is 0 Å². The zero-order valence-electron chi connectivity index (χ0n) is 5.90. The molecule has 0 aromatic carbocycles. The molecule has 0 aliphatic heterocycles. The molecule has 0 radical (unpaired) electrons. The van der Waals surface area contributed by atoms with Crippen LogP contribution in [0.3, 0.4) is 0 Å². The third kappa shape index (κ3) is 2.85. The van der Waals surface area contributed by atoms with Gasteiger partial charge in [0.2, 0.25) is 0 Å². The van der Waals surface area contributed by atoms with E-state index in [1.807, 2.05) is 0 Å². The van der Waals surface area contributed by atoms with Gasteiger partial charge in [-0.2, -0.15) is 4.39 Å². The van der Waals surface area contributed by atoms with Crippen molar-refractivity contribution < 1.29 is 26.7 Å². The topological polar surface area (TPSA) is 22.1 Å². The number of nitrogens with zero attached hydrogens (tertiary/aromatic N) is 1. The summed E-state index contributed by atoms with van der Waals surface area (Å²) in [5.41, 5.74) is 0. The Kier molecular flexibility index (Phi) is 2.35. The summed E-state index contributed by atoms with van der Waals surface area (Å²) < 4.78 is 62.3. The monoisotopic (exact) mass is 199 g/mol. The van der Waals surface area contributed by atoms with Crippen molar-refractivity contribution >= 4 is 0 Å². The lowest BCUT2D eigenvalue weighted by molar-refractivity contribution is -0.275. The number of ether oxygens (including phenoxy) is 1. The number of halogens is 5. The van der Waals surface area contributed by atoms with Gasteiger partial charge in [-0.15, -0.1) is 13.2 Å². The van der Waals surface area contributed by atoms with Gasteiger partial charge in [0.05, 0.1) is 6.20 Å². The molecule has 1 rings (SSSR count). The van der Waals surface area contributed by atoms with Gasteiger partial charge in [0, 0.05) is 6.07 Å². The van der Waals surface area contributed by atoms with Crippen molar-refractivity contribution in [2.45, 2.75) is 6.36 Å². The van der Waals surface area contributed by atoms with E-state index in [4.69, 9.17) is 0 Å². The van der Waals surface area contributed by atoms with Crippen molar-refractivity contribution in [3.8, 4) is 5.75 Å². The van der Waals surface area contributed by atoms with E-state index in [2.05, 4.69) is 9.72 Å². The first-order chi connectivity index (χ1) is 5.88. The second-order valence-corrected chi connectivity index (χ2v) is 1.99. The van der Waals surface area contributed by atoms with Crippen molar-refractivity contribution in [1.29, 1.82) is 0 Å². The number of aromatic nitrogens is 1. The van der Waals surface area contributed by atoms with Crippen LogP contribution in [0.25, 0.3) is 0 Å². The molecule has 0 saturated heterocycles. The molecule has 0 saturated carbocycles. The Hall–Kier alpha value is -1.40. The van der Waals surface area contributed by atoms with Crippen LogP contribution in [0.2, 0.25) is 0 Å². The largest absolute Gasteiger partial charge is 0.573 e. The van der Waals surface area contributed by atoms with Crippen LogP contribution in [-0.4, -0.2) is 11.3 Å². The van der Waals surface area contributed by atoms with E-state index in [9.17, 15) is 22.0 Å². The minimum Gasteiger partial charge on any atom is -0.401 e. The Bertz CT molecular complexity index is 310. The summed E-state index contributed by atoms with van der Waals surface area (Å²) in [6.07, 6.45) is -4.62. The summed E-state index contributed by atoms with van der Waals surface area (Å²) in [6.45, 7) is 0. The second-order valence-electron chi connectivity index (χ2n) is 1.99. The van der Waals surface area contributed by atoms with Gasteiger partial charge in [0.25, 0.3) is 5.95 Å². The molecule has 0 spiro atoms. The van der Waals surface area contributed by atoms with Gasteiger partial charge >= 0.3 is 6.36 Å². The molecule has 0 fully saturated rings. The number of pyridine rings is 1. The smallest absolute Gasteiger partial charge is 0.401 e. The van der Waals surface area contributed by atoms with Gasteiger partial charge in [-0.05, 0) is 0 Å². The van der Waals surface area contributed by atoms with Gasteiger partial charge < -0.3 is 4.74 Å². The second kappa shape index (κ2) is 3.15. The lowest BCUT2D eigenvalue weighted by atomic mass is 10.4. The average molecular weight is 199 g/mol. The molecule has 0 unspecified atom stereocenters. The van der Waals surface area contributed by atoms with Gasteiger partial charge in [0.15, 0.2) is 5.75 Å². The van der Waals surface area contributed by atoms with Gasteiger partial charge in [-0.25, -0.2) is 9.37 Å². The maximum Gasteiger partial charge on any atom is 0.573 e. The highest BCUT2D eigenvalue weighted by atomic mass is 19.4. The summed E-state index contributed by atoms with van der Waals surface area (Å²) in [4.78, 5) is 2.70. The molecule has 72 valence electrons. The highest BCUT2D eigenvalue weighted by Crippen LogP contribution is 2.24. The van der Waals surface area contributed by atoms with E-state index in [0.717, 1.165) is 0 Å². The molecular formula is C6H2F5NO. The molecule has 0 amide bonds. The molecule has 1 aromatic rings. The summed E-state index contributed by atoms with van der Waals surface area (Å²) in [6, 6.07) is 0.260. The Morgan fingerprint density at radius 3 is 2.38 bits per heavy atom. The highest BCUT2D eigenvalue weighted by molar-refractivity contribution is 5.19. The van der Waals surface area contributed by atoms with Crippen LogP contribution in [0.15, 0.2) is 12.3 Å². The first kappa shape index (κ1) is 9.69. The van der Waals surface area contributed by atoms with Crippen LogP contribution in [0.4, 0.5) is 22.0 Å². The zero-order valence-corrected chi connectivity index (χ0v) is 5.90. The number of hydrogen-bond donors (Lipinski definition) is 0. The predicted octanol–water partition coefficient (Wildman–Crippen LogP) is 2.26. The van der Waals surface area contributed by atoms with Crippen LogP contribution in [0.5, 0.6) is 5.75 Å². The van der Waals surface area contributed by atoms with E-state index in [1.165, 1.54) is 0 Å². The van der Waals surface area contributed by atoms with E-state index in [1.54, 1.807) is 0 Å². The first-order valence-corrected chi connectivity index (χ1v) is 2.95. The molecule has 0 aliphatic carbocycles. The summed E-state index contributed by atoms with van der Waals surface area (Å²) in [5.74, 6) is -3.91. The zero-order chi connectivity index (χ0) is 10.1. The lowest BCUT2D eigenvalue weighted by Gasteiger charge is -2.08. The van der Waals surface area contributed by atoms with E-state index >= 15 is 0 Å². The van der Waals surface area contributed by atoms with Gasteiger partial charge in [0.1, 0.15) is 5.82 Å². The maximum absolute atomic E-state index is 12.4. The molecule has 7 heteroatoms. The fraction of sp³-hybridized carbons (Fsp3) is 0.167. The standard InChI is InChI=1S/C6H2F5NO/c7-3-1-4(5(8)12-2-3)13-6(9,10)11/h1-2H. The first-order valence-electron chi connectivity index (χ1n) is 2.95. The minimum atomic E-state index is -5.06. The quantitative estimate of drug-likeness (QED) is 0.511. The number of rotatable bonds is 1. The molecule has 13 heavy (non-hydrogen) atoms. The Morgan fingerprint density at radius 2 is 1.85 bits per heavy atom. The minimum absolute atomic E-state index is 0.260. The number of alkyl halides is 3. The van der Waals surface area contributed by atoms with Crippen molar-refractivity contribution in [3.63, 3.8) is 0 Å². The normalized spacial score (nSPS) is 11.5. The van der Waals surface area contributed by atoms with Crippen LogP contribution < -0.4 is 4.74 Å². The maximum atomic E-state index is 12.4. The summed E-state index contributed by atoms with van der Waals surface area (Å²) >= 11 is 0. The highest BCUT2D eigenvalue weighted by Gasteiger charge is 2.32. The predicted molar refractivity (Wildman–Crippen MR) is 30.8 cm³/mol. The summed E-state index contributed by atoms with van der Waals surface area (Å²) in [5, 5.41) is 0. The molecule has 1 heterocycles. The third-order valence-electron chi connectivity index (χ3n) is 0.999. The average Bonchev–Trinajstić information content (AvgIpc) is 1.94. The van der Waals surface area contributed by atoms with Crippen LogP contribution in [0, 0.1) is 11.8 Å². The van der Waals surface area contributed by atoms with E-state index in [0.29, 0.717) is 6.20 Å². The Morgan fingerprint density at radius 1 is 1.23 bits per heavy atom. The van der Waals surface area contributed by atoms with E-state index < -0.39 is 23.9 Å². The van der Waals surface area contributed by atoms with Crippen molar-refractivity contribution in [2.24, 2.45) is 0 Å². The van der Waals surface area contributed by atoms with Crippen molar-refractivity contribution in [1.82, 2.24) is 4.98 Å². The molecule has 0 N–H and O–H groups in total. The summed E-state index contributed by atoms with van der Waals surface area (Å²) in [7, 11) is 0.